The number of amides is 1. The van der Waals surface area contributed by atoms with Gasteiger partial charge in [-0.2, -0.15) is 4.31 Å². The number of rotatable bonds is 6. The fourth-order valence-corrected chi connectivity index (χ4v) is 5.52. The van der Waals surface area contributed by atoms with Crippen LogP contribution in [-0.4, -0.2) is 37.5 Å². The number of nitrogens with one attached hydrogen (secondary N) is 1. The molecule has 164 valence electrons. The zero-order valence-electron chi connectivity index (χ0n) is 17.5. The topological polar surface area (TPSA) is 83.5 Å². The first-order valence-corrected chi connectivity index (χ1v) is 12.0. The maximum absolute atomic E-state index is 13.2. The van der Waals surface area contributed by atoms with E-state index in [-0.39, 0.29) is 16.2 Å². The maximum Gasteiger partial charge on any atom is 0.257 e. The van der Waals surface area contributed by atoms with Gasteiger partial charge in [-0.05, 0) is 37.1 Å². The average Bonchev–Trinajstić information content (AvgIpc) is 2.85. The Bertz CT molecular complexity index is 1230. The number of ketones is 1. The van der Waals surface area contributed by atoms with Crippen molar-refractivity contribution in [3.05, 3.63) is 95.6 Å². The third-order valence-electron chi connectivity index (χ3n) is 5.48. The molecule has 0 saturated carbocycles. The minimum Gasteiger partial charge on any atom is -0.322 e. The molecule has 7 heteroatoms. The molecule has 0 aliphatic carbocycles. The Morgan fingerprint density at radius 2 is 1.41 bits per heavy atom. The largest absolute Gasteiger partial charge is 0.322 e. The number of nitrogens with zero attached hydrogens (tertiary/aromatic N) is 1. The van der Waals surface area contributed by atoms with E-state index in [1.807, 2.05) is 6.07 Å². The zero-order valence-corrected chi connectivity index (χ0v) is 18.3. The lowest BCUT2D eigenvalue weighted by molar-refractivity contribution is 0.101. The third-order valence-corrected chi connectivity index (χ3v) is 7.44. The minimum absolute atomic E-state index is 0.00378. The molecule has 0 unspecified atom stereocenters. The van der Waals surface area contributed by atoms with Crippen molar-refractivity contribution in [3.8, 4) is 0 Å². The van der Waals surface area contributed by atoms with Gasteiger partial charge in [-0.25, -0.2) is 8.42 Å². The highest BCUT2D eigenvalue weighted by atomic mass is 32.2. The second kappa shape index (κ2) is 9.46. The summed E-state index contributed by atoms with van der Waals surface area (Å²) in [7, 11) is -3.77. The lowest BCUT2D eigenvalue weighted by atomic mass is 10.0. The molecular formula is C25H24N2O4S. The fraction of sp³-hybridized carbons (Fsp3) is 0.200. The minimum atomic E-state index is -3.77. The number of carbonyl (C=O) groups excluding carboxylic acids is 2. The Kier molecular flexibility index (Phi) is 6.48. The summed E-state index contributed by atoms with van der Waals surface area (Å²) in [5, 5.41) is 2.75. The molecule has 1 N–H and O–H groups in total. The highest BCUT2D eigenvalue weighted by molar-refractivity contribution is 7.89. The summed E-state index contributed by atoms with van der Waals surface area (Å²) in [6.07, 6.45) is 2.64. The van der Waals surface area contributed by atoms with Gasteiger partial charge in [0.1, 0.15) is 0 Å². The summed E-state index contributed by atoms with van der Waals surface area (Å²) in [5.41, 5.74) is 1.48. The van der Waals surface area contributed by atoms with Gasteiger partial charge in [0.25, 0.3) is 5.91 Å². The van der Waals surface area contributed by atoms with Crippen LogP contribution in [0.25, 0.3) is 0 Å². The van der Waals surface area contributed by atoms with Crippen LogP contribution in [0, 0.1) is 0 Å². The molecule has 4 rings (SSSR count). The molecule has 3 aromatic rings. The van der Waals surface area contributed by atoms with E-state index in [0.717, 1.165) is 19.3 Å². The van der Waals surface area contributed by atoms with Crippen LogP contribution in [0.5, 0.6) is 0 Å². The molecule has 0 radical (unpaired) electrons. The van der Waals surface area contributed by atoms with Crippen molar-refractivity contribution in [2.24, 2.45) is 0 Å². The number of anilines is 1. The number of hydrogen-bond donors (Lipinski definition) is 1. The Hall–Kier alpha value is -3.29. The van der Waals surface area contributed by atoms with Gasteiger partial charge in [0, 0.05) is 29.9 Å². The standard InChI is InChI=1S/C25H24N2O4S/c28-24(19-10-3-1-4-11-19)20-12-9-13-21(18-20)26-25(29)22-14-5-6-15-23(22)32(30,31)27-16-7-2-8-17-27/h1,3-6,9-15,18H,2,7-8,16-17H2,(H,26,29). The first-order chi connectivity index (χ1) is 15.5. The van der Waals surface area contributed by atoms with E-state index in [2.05, 4.69) is 5.32 Å². The van der Waals surface area contributed by atoms with Crippen molar-refractivity contribution < 1.29 is 18.0 Å². The second-order valence-electron chi connectivity index (χ2n) is 7.69. The van der Waals surface area contributed by atoms with Gasteiger partial charge in [-0.15, -0.1) is 0 Å². The molecule has 32 heavy (non-hydrogen) atoms. The molecule has 3 aromatic carbocycles. The van der Waals surface area contributed by atoms with Crippen LogP contribution in [0.3, 0.4) is 0 Å². The number of carbonyl (C=O) groups is 2. The van der Waals surface area contributed by atoms with Gasteiger partial charge in [0.2, 0.25) is 10.0 Å². The lowest BCUT2D eigenvalue weighted by Crippen LogP contribution is -2.36. The predicted octanol–water partition coefficient (Wildman–Crippen LogP) is 4.34. The van der Waals surface area contributed by atoms with E-state index in [1.165, 1.54) is 16.4 Å². The number of benzene rings is 3. The van der Waals surface area contributed by atoms with Crippen molar-refractivity contribution in [1.82, 2.24) is 4.31 Å². The third kappa shape index (κ3) is 4.64. The predicted molar refractivity (Wildman–Crippen MR) is 123 cm³/mol. The quantitative estimate of drug-likeness (QED) is 0.569. The SMILES string of the molecule is O=C(c1ccccc1)c1cccc(NC(=O)c2ccccc2S(=O)(=O)N2CCCCC2)c1. The average molecular weight is 449 g/mol. The smallest absolute Gasteiger partial charge is 0.257 e. The molecule has 6 nitrogen and oxygen atoms in total. The van der Waals surface area contributed by atoms with Gasteiger partial charge in [0.05, 0.1) is 10.5 Å². The second-order valence-corrected chi connectivity index (χ2v) is 9.60. The van der Waals surface area contributed by atoms with Crippen LogP contribution in [0.2, 0.25) is 0 Å². The summed E-state index contributed by atoms with van der Waals surface area (Å²) < 4.78 is 27.8. The maximum atomic E-state index is 13.2. The van der Waals surface area contributed by atoms with E-state index in [1.54, 1.807) is 60.7 Å². The first-order valence-electron chi connectivity index (χ1n) is 10.6. The van der Waals surface area contributed by atoms with E-state index in [9.17, 15) is 18.0 Å². The molecule has 1 fully saturated rings. The molecule has 1 aliphatic heterocycles. The number of piperidine rings is 1. The Morgan fingerprint density at radius 3 is 2.16 bits per heavy atom. The fourth-order valence-electron chi connectivity index (χ4n) is 3.82. The molecule has 0 bridgehead atoms. The van der Waals surface area contributed by atoms with Crippen molar-refractivity contribution in [1.29, 1.82) is 0 Å². The summed E-state index contributed by atoms with van der Waals surface area (Å²) in [5.74, 6) is -0.694. The molecule has 0 atom stereocenters. The summed E-state index contributed by atoms with van der Waals surface area (Å²) in [4.78, 5) is 25.8. The zero-order chi connectivity index (χ0) is 22.6. The first kappa shape index (κ1) is 21.9. The lowest BCUT2D eigenvalue weighted by Gasteiger charge is -2.26. The molecule has 1 saturated heterocycles. The molecule has 1 amide bonds. The Labute approximate surface area is 187 Å². The van der Waals surface area contributed by atoms with Gasteiger partial charge in [-0.1, -0.05) is 61.0 Å². The molecule has 0 aromatic heterocycles. The van der Waals surface area contributed by atoms with Crippen LogP contribution in [0.1, 0.15) is 45.5 Å². The molecule has 1 aliphatic rings. The Morgan fingerprint density at radius 1 is 0.750 bits per heavy atom. The van der Waals surface area contributed by atoms with Gasteiger partial charge in [0.15, 0.2) is 5.78 Å². The van der Waals surface area contributed by atoms with E-state index in [0.29, 0.717) is 29.9 Å². The van der Waals surface area contributed by atoms with Crippen LogP contribution in [-0.2, 0) is 10.0 Å². The van der Waals surface area contributed by atoms with E-state index in [4.69, 9.17) is 0 Å². The van der Waals surface area contributed by atoms with E-state index >= 15 is 0 Å². The van der Waals surface area contributed by atoms with Crippen LogP contribution in [0.15, 0.2) is 83.8 Å². The summed E-state index contributed by atoms with van der Waals surface area (Å²) in [6, 6.07) is 21.7. The Balaban J connectivity index is 1.59. The highest BCUT2D eigenvalue weighted by Crippen LogP contribution is 2.25. The van der Waals surface area contributed by atoms with E-state index < -0.39 is 15.9 Å². The van der Waals surface area contributed by atoms with Gasteiger partial charge in [-0.3, -0.25) is 9.59 Å². The van der Waals surface area contributed by atoms with Gasteiger partial charge < -0.3 is 5.32 Å². The van der Waals surface area contributed by atoms with Crippen molar-refractivity contribution in [2.45, 2.75) is 24.2 Å². The molecule has 0 spiro atoms. The summed E-state index contributed by atoms with van der Waals surface area (Å²) in [6.45, 7) is 0.920. The number of sulfonamides is 1. The van der Waals surface area contributed by atoms with Crippen molar-refractivity contribution in [3.63, 3.8) is 0 Å². The van der Waals surface area contributed by atoms with Gasteiger partial charge >= 0.3 is 0 Å². The van der Waals surface area contributed by atoms with Crippen LogP contribution >= 0.6 is 0 Å². The monoisotopic (exact) mass is 448 g/mol. The summed E-state index contributed by atoms with van der Waals surface area (Å²) >= 11 is 0. The van der Waals surface area contributed by atoms with Crippen LogP contribution in [0.4, 0.5) is 5.69 Å². The molecular weight excluding hydrogens is 424 g/mol. The highest BCUT2D eigenvalue weighted by Gasteiger charge is 2.29. The number of hydrogen-bond acceptors (Lipinski definition) is 4. The van der Waals surface area contributed by atoms with Crippen LogP contribution < -0.4 is 5.32 Å². The van der Waals surface area contributed by atoms with Crippen molar-refractivity contribution in [2.75, 3.05) is 18.4 Å². The molecule has 1 heterocycles. The normalized spacial score (nSPS) is 14.6. The van der Waals surface area contributed by atoms with Crippen molar-refractivity contribution >= 4 is 27.4 Å².